The molecule has 6 rings (SSSR count). The minimum absolute atomic E-state index is 0.0249. The molecule has 12 heteroatoms. The lowest BCUT2D eigenvalue weighted by atomic mass is 10.0. The van der Waals surface area contributed by atoms with Crippen molar-refractivity contribution in [2.75, 3.05) is 13.2 Å². The average Bonchev–Trinajstić information content (AvgIpc) is 3.55. The average molecular weight is 530 g/mol. The van der Waals surface area contributed by atoms with Gasteiger partial charge < -0.3 is 34.1 Å². The number of pyridine rings is 1. The zero-order valence-corrected chi connectivity index (χ0v) is 20.3. The fourth-order valence-electron chi connectivity index (χ4n) is 4.51. The van der Waals surface area contributed by atoms with Crippen molar-refractivity contribution >= 4 is 35.7 Å². The predicted octanol–water partition coefficient (Wildman–Crippen LogP) is 2.65. The molecule has 0 saturated carbocycles. The third-order valence-electron chi connectivity index (χ3n) is 6.35. The molecular formula is C24H21ClN3O7P. The van der Waals surface area contributed by atoms with Gasteiger partial charge in [-0.1, -0.05) is 48.0 Å². The number of rotatable bonds is 5. The standard InChI is InChI=1S/C24H21ClN3O7P/c25-16-9-17-23(28-24(26-17)35-19-11-34-21-18(29)10-33-22(19)21)27-20(16)14-3-1-12(2-4-14)13-5-7-15(8-6-13)36(30,31)32/h1-9,18-19,21-22,29H,10-11H2,(H,26,27,28)(H2,30,31,32)/t18-,19-,21-,22-/m1/s1. The van der Waals surface area contributed by atoms with Gasteiger partial charge in [0.25, 0.3) is 6.01 Å². The third-order valence-corrected chi connectivity index (χ3v) is 7.60. The second-order valence-electron chi connectivity index (χ2n) is 8.72. The van der Waals surface area contributed by atoms with E-state index in [0.717, 1.165) is 16.7 Å². The van der Waals surface area contributed by atoms with Gasteiger partial charge in [0.1, 0.15) is 18.3 Å². The van der Waals surface area contributed by atoms with Crippen molar-refractivity contribution in [2.24, 2.45) is 0 Å². The summed E-state index contributed by atoms with van der Waals surface area (Å²) in [5, 5.41) is 10.3. The lowest BCUT2D eigenvalue weighted by Crippen LogP contribution is -2.34. The largest absolute Gasteiger partial charge is 0.456 e. The highest BCUT2D eigenvalue weighted by atomic mass is 35.5. The number of nitrogens with zero attached hydrogens (tertiary/aromatic N) is 2. The van der Waals surface area contributed by atoms with Crippen LogP contribution in [-0.4, -0.2) is 67.5 Å². The molecule has 10 nitrogen and oxygen atoms in total. The van der Waals surface area contributed by atoms with Gasteiger partial charge in [-0.3, -0.25) is 4.57 Å². The molecule has 0 amide bonds. The van der Waals surface area contributed by atoms with E-state index in [0.29, 0.717) is 21.9 Å². The van der Waals surface area contributed by atoms with Gasteiger partial charge in [-0.15, -0.1) is 0 Å². The predicted molar refractivity (Wildman–Crippen MR) is 131 cm³/mol. The summed E-state index contributed by atoms with van der Waals surface area (Å²) < 4.78 is 28.5. The van der Waals surface area contributed by atoms with Gasteiger partial charge in [0, 0.05) is 5.56 Å². The van der Waals surface area contributed by atoms with E-state index >= 15 is 0 Å². The summed E-state index contributed by atoms with van der Waals surface area (Å²) in [7, 11) is -4.28. The number of hydrogen-bond acceptors (Lipinski definition) is 7. The molecule has 4 heterocycles. The van der Waals surface area contributed by atoms with E-state index in [4.69, 9.17) is 25.8 Å². The van der Waals surface area contributed by atoms with Crippen molar-refractivity contribution in [3.63, 3.8) is 0 Å². The maximum Gasteiger partial charge on any atom is 0.356 e. The van der Waals surface area contributed by atoms with E-state index in [-0.39, 0.29) is 30.6 Å². The number of benzene rings is 2. The molecule has 2 saturated heterocycles. The monoisotopic (exact) mass is 529 g/mol. The van der Waals surface area contributed by atoms with Crippen LogP contribution in [0.5, 0.6) is 6.01 Å². The van der Waals surface area contributed by atoms with Crippen molar-refractivity contribution in [2.45, 2.75) is 24.4 Å². The molecule has 4 aromatic rings. The zero-order chi connectivity index (χ0) is 25.0. The highest BCUT2D eigenvalue weighted by Crippen LogP contribution is 2.35. The molecule has 4 atom stereocenters. The lowest BCUT2D eigenvalue weighted by Gasteiger charge is -2.15. The van der Waals surface area contributed by atoms with Crippen molar-refractivity contribution < 1.29 is 33.7 Å². The van der Waals surface area contributed by atoms with E-state index in [1.807, 2.05) is 24.3 Å². The van der Waals surface area contributed by atoms with Crippen LogP contribution < -0.4 is 10.0 Å². The summed E-state index contributed by atoms with van der Waals surface area (Å²) in [6.45, 7) is 0.505. The smallest absolute Gasteiger partial charge is 0.356 e. The van der Waals surface area contributed by atoms with E-state index in [1.54, 1.807) is 18.2 Å². The van der Waals surface area contributed by atoms with Crippen LogP contribution in [0.4, 0.5) is 0 Å². The maximum atomic E-state index is 11.4. The number of aliphatic hydroxyl groups is 1. The molecular weight excluding hydrogens is 509 g/mol. The molecule has 2 aliphatic heterocycles. The fourth-order valence-corrected chi connectivity index (χ4v) is 5.31. The Labute approximate surface area is 210 Å². The molecule has 0 aliphatic carbocycles. The molecule has 186 valence electrons. The highest BCUT2D eigenvalue weighted by molar-refractivity contribution is 7.60. The van der Waals surface area contributed by atoms with Gasteiger partial charge in [-0.2, -0.15) is 4.98 Å². The summed E-state index contributed by atoms with van der Waals surface area (Å²) in [5.74, 6) is 0. The van der Waals surface area contributed by atoms with Crippen LogP contribution in [0.15, 0.2) is 54.6 Å². The van der Waals surface area contributed by atoms with Gasteiger partial charge in [-0.25, -0.2) is 4.98 Å². The zero-order valence-electron chi connectivity index (χ0n) is 18.6. The number of nitrogens with one attached hydrogen (secondary N) is 1. The lowest BCUT2D eigenvalue weighted by molar-refractivity contribution is 0.00706. The maximum absolute atomic E-state index is 11.4. The van der Waals surface area contributed by atoms with Crippen LogP contribution >= 0.6 is 19.2 Å². The van der Waals surface area contributed by atoms with E-state index in [9.17, 15) is 19.5 Å². The second-order valence-corrected chi connectivity index (χ2v) is 10.7. The Morgan fingerprint density at radius 2 is 1.58 bits per heavy atom. The van der Waals surface area contributed by atoms with Gasteiger partial charge in [0.05, 0.1) is 34.8 Å². The first-order valence-corrected chi connectivity index (χ1v) is 13.2. The van der Waals surface area contributed by atoms with E-state index in [2.05, 4.69) is 15.0 Å². The van der Waals surface area contributed by atoms with Gasteiger partial charge >= 0.3 is 7.60 Å². The van der Waals surface area contributed by atoms with Crippen LogP contribution in [0, 0.1) is 0 Å². The summed E-state index contributed by atoms with van der Waals surface area (Å²) in [4.78, 5) is 30.7. The summed E-state index contributed by atoms with van der Waals surface area (Å²) in [5.41, 5.74) is 4.08. The number of ether oxygens (including phenoxy) is 3. The first-order valence-electron chi connectivity index (χ1n) is 11.2. The molecule has 0 radical (unpaired) electrons. The van der Waals surface area contributed by atoms with Gasteiger partial charge in [-0.05, 0) is 29.3 Å². The SMILES string of the molecule is O=P(O)(O)c1ccc(-c2ccc(-c3nc4nc(O[C@@H]5CO[C@H]6[C@@H]5OC[C@H]6O)[nH]c4cc3Cl)cc2)cc1. The quantitative estimate of drug-likeness (QED) is 0.286. The number of aromatic nitrogens is 3. The van der Waals surface area contributed by atoms with Gasteiger partial charge in [0.2, 0.25) is 0 Å². The minimum Gasteiger partial charge on any atom is -0.456 e. The Balaban J connectivity index is 1.23. The van der Waals surface area contributed by atoms with Gasteiger partial charge in [0.15, 0.2) is 11.8 Å². The van der Waals surface area contributed by atoms with Crippen LogP contribution in [0.3, 0.4) is 0 Å². The number of hydrogen-bond donors (Lipinski definition) is 4. The normalized spacial score (nSPS) is 23.8. The number of aliphatic hydroxyl groups excluding tert-OH is 1. The first-order chi connectivity index (χ1) is 17.3. The third kappa shape index (κ3) is 4.31. The first kappa shape index (κ1) is 23.6. The molecule has 2 aromatic carbocycles. The molecule has 2 fully saturated rings. The molecule has 4 N–H and O–H groups in total. The summed E-state index contributed by atoms with van der Waals surface area (Å²) >= 11 is 6.53. The molecule has 0 unspecified atom stereocenters. The second kappa shape index (κ2) is 8.93. The Bertz CT molecular complexity index is 1470. The molecule has 0 bridgehead atoms. The number of imidazole rings is 1. The van der Waals surface area contributed by atoms with Crippen molar-refractivity contribution in [3.8, 4) is 28.4 Å². The number of H-pyrrole nitrogens is 1. The minimum atomic E-state index is -4.28. The molecule has 2 aromatic heterocycles. The van der Waals surface area contributed by atoms with Crippen LogP contribution in [0.25, 0.3) is 33.5 Å². The number of halogens is 1. The Morgan fingerprint density at radius 3 is 2.28 bits per heavy atom. The van der Waals surface area contributed by atoms with Crippen LogP contribution in [-0.2, 0) is 14.0 Å². The Kier molecular flexibility index (Phi) is 5.85. The van der Waals surface area contributed by atoms with E-state index < -0.39 is 25.9 Å². The Morgan fingerprint density at radius 1 is 0.944 bits per heavy atom. The van der Waals surface area contributed by atoms with Crippen LogP contribution in [0.1, 0.15) is 0 Å². The van der Waals surface area contributed by atoms with Crippen molar-refractivity contribution in [1.29, 1.82) is 0 Å². The number of aromatic amines is 1. The molecule has 36 heavy (non-hydrogen) atoms. The molecule has 0 spiro atoms. The fraction of sp³-hybridized carbons (Fsp3) is 0.250. The summed E-state index contributed by atoms with van der Waals surface area (Å²) in [6.07, 6.45) is -1.81. The van der Waals surface area contributed by atoms with Crippen LogP contribution in [0.2, 0.25) is 5.02 Å². The van der Waals surface area contributed by atoms with Crippen molar-refractivity contribution in [1.82, 2.24) is 15.0 Å². The Hall–Kier alpha value is -2.82. The molecule has 2 aliphatic rings. The number of fused-ring (bicyclic) bond motifs is 2. The van der Waals surface area contributed by atoms with E-state index in [1.165, 1.54) is 12.1 Å². The summed E-state index contributed by atoms with van der Waals surface area (Å²) in [6, 6.07) is 15.7. The highest BCUT2D eigenvalue weighted by Gasteiger charge is 2.48. The topological polar surface area (TPSA) is 147 Å². The van der Waals surface area contributed by atoms with Crippen molar-refractivity contribution in [3.05, 3.63) is 59.6 Å².